The molecule has 2 heteroatoms. The van der Waals surface area contributed by atoms with Gasteiger partial charge in [-0.2, -0.15) is 0 Å². The quantitative estimate of drug-likeness (QED) is 0.489. The topological polar surface area (TPSA) is 37.3 Å². The average molecular weight is 168 g/mol. The molecule has 68 valence electrons. The Morgan fingerprint density at radius 2 is 2.33 bits per heavy atom. The van der Waals surface area contributed by atoms with Crippen molar-refractivity contribution in [3.05, 3.63) is 11.6 Å². The number of allylic oxidation sites excluding steroid dienone is 1. The first-order valence-electron chi connectivity index (χ1n) is 4.67. The maximum Gasteiger partial charge on any atom is 0.310 e. The Kier molecular flexibility index (Phi) is 3.32. The van der Waals surface area contributed by atoms with E-state index in [4.69, 9.17) is 5.11 Å². The summed E-state index contributed by atoms with van der Waals surface area (Å²) in [7, 11) is 0. The number of carboxylic acids is 1. The summed E-state index contributed by atoms with van der Waals surface area (Å²) in [6, 6.07) is 0. The first-order valence-corrected chi connectivity index (χ1v) is 4.67. The van der Waals surface area contributed by atoms with Crippen molar-refractivity contribution in [3.8, 4) is 0 Å². The number of carboxylic acid groups (broad SMARTS) is 1. The van der Waals surface area contributed by atoms with Gasteiger partial charge in [0.05, 0.1) is 5.92 Å². The fourth-order valence-corrected chi connectivity index (χ4v) is 1.41. The van der Waals surface area contributed by atoms with Crippen LogP contribution >= 0.6 is 0 Å². The standard InChI is InChI=1S/C10H16O2/c1-2-3-4-5-9(10(11)12)8-6-7-8/h6,9H,2-5,7H2,1H3,(H,11,12). The number of unbranched alkanes of at least 4 members (excludes halogenated alkanes) is 2. The maximum atomic E-state index is 10.7. The molecule has 0 aromatic heterocycles. The van der Waals surface area contributed by atoms with Crippen LogP contribution in [0.1, 0.15) is 39.0 Å². The van der Waals surface area contributed by atoms with E-state index < -0.39 is 5.97 Å². The van der Waals surface area contributed by atoms with Gasteiger partial charge in [-0.05, 0) is 12.8 Å². The fourth-order valence-electron chi connectivity index (χ4n) is 1.41. The van der Waals surface area contributed by atoms with Crippen molar-refractivity contribution in [2.75, 3.05) is 0 Å². The van der Waals surface area contributed by atoms with Crippen LogP contribution in [-0.4, -0.2) is 11.1 Å². The molecule has 0 bridgehead atoms. The molecule has 1 unspecified atom stereocenters. The Balaban J connectivity index is 2.24. The highest BCUT2D eigenvalue weighted by molar-refractivity contribution is 5.75. The normalized spacial score (nSPS) is 16.9. The van der Waals surface area contributed by atoms with Crippen molar-refractivity contribution in [3.63, 3.8) is 0 Å². The number of hydrogen-bond acceptors (Lipinski definition) is 1. The largest absolute Gasteiger partial charge is 0.481 e. The van der Waals surface area contributed by atoms with E-state index in [0.29, 0.717) is 0 Å². The van der Waals surface area contributed by atoms with Gasteiger partial charge in [0.25, 0.3) is 0 Å². The van der Waals surface area contributed by atoms with Gasteiger partial charge < -0.3 is 5.11 Å². The molecule has 1 aliphatic rings. The Bertz CT molecular complexity index is 192. The molecule has 0 aromatic carbocycles. The molecule has 0 heterocycles. The second kappa shape index (κ2) is 4.29. The minimum atomic E-state index is -0.644. The van der Waals surface area contributed by atoms with E-state index in [1.165, 1.54) is 0 Å². The number of carbonyl (C=O) groups is 1. The SMILES string of the molecule is CCCCCC(C(=O)O)C1=CC1. The first kappa shape index (κ1) is 9.30. The van der Waals surface area contributed by atoms with Crippen LogP contribution in [0.25, 0.3) is 0 Å². The lowest BCUT2D eigenvalue weighted by Crippen LogP contribution is -2.12. The summed E-state index contributed by atoms with van der Waals surface area (Å²) in [6.45, 7) is 2.13. The van der Waals surface area contributed by atoms with Crippen LogP contribution in [-0.2, 0) is 4.79 Å². The molecule has 1 aliphatic carbocycles. The molecule has 1 atom stereocenters. The molecule has 0 aromatic rings. The van der Waals surface area contributed by atoms with Gasteiger partial charge >= 0.3 is 5.97 Å². The van der Waals surface area contributed by atoms with E-state index in [-0.39, 0.29) is 5.92 Å². The third-order valence-electron chi connectivity index (χ3n) is 2.28. The predicted molar refractivity (Wildman–Crippen MR) is 48.0 cm³/mol. The number of rotatable bonds is 6. The van der Waals surface area contributed by atoms with Crippen LogP contribution < -0.4 is 0 Å². The van der Waals surface area contributed by atoms with Crippen LogP contribution in [0.15, 0.2) is 11.6 Å². The van der Waals surface area contributed by atoms with Gasteiger partial charge in [0.2, 0.25) is 0 Å². The maximum absolute atomic E-state index is 10.7. The fraction of sp³-hybridized carbons (Fsp3) is 0.700. The van der Waals surface area contributed by atoms with Crippen molar-refractivity contribution < 1.29 is 9.90 Å². The predicted octanol–water partition coefficient (Wildman–Crippen LogP) is 2.60. The molecule has 0 amide bonds. The molecule has 0 saturated carbocycles. The van der Waals surface area contributed by atoms with E-state index in [9.17, 15) is 4.79 Å². The smallest absolute Gasteiger partial charge is 0.310 e. The second-order valence-corrected chi connectivity index (χ2v) is 3.37. The van der Waals surface area contributed by atoms with Gasteiger partial charge in [-0.1, -0.05) is 37.8 Å². The van der Waals surface area contributed by atoms with Crippen LogP contribution in [0.4, 0.5) is 0 Å². The van der Waals surface area contributed by atoms with E-state index in [0.717, 1.165) is 37.7 Å². The summed E-state index contributed by atoms with van der Waals surface area (Å²) in [5.41, 5.74) is 1.14. The van der Waals surface area contributed by atoms with Gasteiger partial charge in [0.15, 0.2) is 0 Å². The average Bonchev–Trinajstić information content (AvgIpc) is 2.80. The highest BCUT2D eigenvalue weighted by Gasteiger charge is 2.25. The number of aliphatic carboxylic acids is 1. The zero-order chi connectivity index (χ0) is 8.97. The van der Waals surface area contributed by atoms with Crippen molar-refractivity contribution in [1.82, 2.24) is 0 Å². The molecule has 1 N–H and O–H groups in total. The first-order chi connectivity index (χ1) is 5.75. The van der Waals surface area contributed by atoms with Crippen molar-refractivity contribution in [2.24, 2.45) is 5.92 Å². The molecule has 0 spiro atoms. The van der Waals surface area contributed by atoms with Crippen LogP contribution in [0.5, 0.6) is 0 Å². The van der Waals surface area contributed by atoms with Crippen molar-refractivity contribution >= 4 is 5.97 Å². The highest BCUT2D eigenvalue weighted by Crippen LogP contribution is 2.31. The van der Waals surface area contributed by atoms with Crippen molar-refractivity contribution in [2.45, 2.75) is 39.0 Å². The highest BCUT2D eigenvalue weighted by atomic mass is 16.4. The zero-order valence-electron chi connectivity index (χ0n) is 7.55. The van der Waals surface area contributed by atoms with E-state index in [1.807, 2.05) is 6.08 Å². The molecular formula is C10H16O2. The summed E-state index contributed by atoms with van der Waals surface area (Å²) >= 11 is 0. The summed E-state index contributed by atoms with van der Waals surface area (Å²) in [5, 5.41) is 8.84. The second-order valence-electron chi connectivity index (χ2n) is 3.37. The minimum absolute atomic E-state index is 0.170. The molecule has 0 fully saturated rings. The Hall–Kier alpha value is -0.790. The van der Waals surface area contributed by atoms with Crippen LogP contribution in [0.2, 0.25) is 0 Å². The van der Waals surface area contributed by atoms with Gasteiger partial charge in [-0.25, -0.2) is 0 Å². The lowest BCUT2D eigenvalue weighted by molar-refractivity contribution is -0.140. The molecule has 1 rings (SSSR count). The molecule has 12 heavy (non-hydrogen) atoms. The summed E-state index contributed by atoms with van der Waals surface area (Å²) in [4.78, 5) is 10.7. The third-order valence-corrected chi connectivity index (χ3v) is 2.28. The van der Waals surface area contributed by atoms with Gasteiger partial charge in [0, 0.05) is 0 Å². The Morgan fingerprint density at radius 1 is 1.67 bits per heavy atom. The Morgan fingerprint density at radius 3 is 2.75 bits per heavy atom. The van der Waals surface area contributed by atoms with Crippen molar-refractivity contribution in [1.29, 1.82) is 0 Å². The third kappa shape index (κ3) is 2.68. The molecule has 2 nitrogen and oxygen atoms in total. The molecule has 0 radical (unpaired) electrons. The van der Waals surface area contributed by atoms with Crippen LogP contribution in [0.3, 0.4) is 0 Å². The number of hydrogen-bond donors (Lipinski definition) is 1. The Labute approximate surface area is 73.3 Å². The summed E-state index contributed by atoms with van der Waals surface area (Å²) < 4.78 is 0. The van der Waals surface area contributed by atoms with Crippen LogP contribution in [0, 0.1) is 5.92 Å². The van der Waals surface area contributed by atoms with Gasteiger partial charge in [-0.3, -0.25) is 4.79 Å². The molecule has 0 aliphatic heterocycles. The lowest BCUT2D eigenvalue weighted by atomic mass is 9.99. The lowest BCUT2D eigenvalue weighted by Gasteiger charge is -2.07. The van der Waals surface area contributed by atoms with E-state index in [1.54, 1.807) is 0 Å². The molecule has 0 saturated heterocycles. The van der Waals surface area contributed by atoms with E-state index in [2.05, 4.69) is 6.92 Å². The van der Waals surface area contributed by atoms with E-state index >= 15 is 0 Å². The summed E-state index contributed by atoms with van der Waals surface area (Å²) in [5.74, 6) is -0.814. The molecular weight excluding hydrogens is 152 g/mol. The van der Waals surface area contributed by atoms with Gasteiger partial charge in [-0.15, -0.1) is 0 Å². The minimum Gasteiger partial charge on any atom is -0.481 e. The van der Waals surface area contributed by atoms with Gasteiger partial charge in [0.1, 0.15) is 0 Å². The monoisotopic (exact) mass is 168 g/mol. The zero-order valence-corrected chi connectivity index (χ0v) is 7.55. The summed E-state index contributed by atoms with van der Waals surface area (Å²) in [6.07, 6.45) is 7.14.